The Balaban J connectivity index is 1.45. The number of carbonyl (C=O) groups is 3. The molecule has 3 aromatic carbocycles. The monoisotopic (exact) mass is 469 g/mol. The van der Waals surface area contributed by atoms with Gasteiger partial charge in [-0.3, -0.25) is 9.59 Å². The van der Waals surface area contributed by atoms with Crippen LogP contribution in [0.15, 0.2) is 77.9 Å². The number of benzene rings is 3. The molecule has 0 atom stereocenters. The van der Waals surface area contributed by atoms with E-state index in [-0.39, 0.29) is 6.54 Å². The smallest absolute Gasteiger partial charge is 0.343 e. The molecule has 0 saturated carbocycles. The molecule has 0 saturated heterocycles. The predicted octanol–water partition coefficient (Wildman–Crippen LogP) is 4.09. The zero-order valence-electron chi connectivity index (χ0n) is 16.5. The second-order valence-electron chi connectivity index (χ2n) is 6.45. The fraction of sp³-hybridized carbons (Fsp3) is 0.0435. The number of ether oxygens (including phenoxy) is 1. The zero-order valence-corrected chi connectivity index (χ0v) is 18.1. The van der Waals surface area contributed by atoms with Crippen LogP contribution in [0.2, 0.25) is 10.0 Å². The first-order valence-corrected chi connectivity index (χ1v) is 10.1. The summed E-state index contributed by atoms with van der Waals surface area (Å²) in [5, 5.41) is 7.28. The molecule has 0 heterocycles. The molecule has 0 bridgehead atoms. The molecule has 0 unspecified atom stereocenters. The van der Waals surface area contributed by atoms with Crippen molar-refractivity contribution in [3.05, 3.63) is 99.5 Å². The fourth-order valence-corrected chi connectivity index (χ4v) is 2.80. The first-order valence-electron chi connectivity index (χ1n) is 9.34. The van der Waals surface area contributed by atoms with E-state index >= 15 is 0 Å². The van der Waals surface area contributed by atoms with E-state index in [4.69, 9.17) is 27.9 Å². The van der Waals surface area contributed by atoms with Gasteiger partial charge < -0.3 is 10.1 Å². The van der Waals surface area contributed by atoms with Crippen LogP contribution in [0, 0.1) is 0 Å². The number of halogens is 2. The van der Waals surface area contributed by atoms with Crippen molar-refractivity contribution in [3.8, 4) is 5.75 Å². The molecule has 2 amide bonds. The van der Waals surface area contributed by atoms with Crippen molar-refractivity contribution in [2.45, 2.75) is 0 Å². The molecular formula is C23H17Cl2N3O4. The van der Waals surface area contributed by atoms with Gasteiger partial charge in [-0.25, -0.2) is 10.2 Å². The van der Waals surface area contributed by atoms with E-state index in [0.29, 0.717) is 32.5 Å². The standard InChI is InChI=1S/C23H17Cl2N3O4/c24-18-8-6-16(7-9-18)22(30)26-14-21(29)28-27-13-15-4-10-20(11-5-15)32-23(31)17-2-1-3-19(25)12-17/h1-13H,14H2,(H,26,30)(H,28,29)/b27-13-. The summed E-state index contributed by atoms with van der Waals surface area (Å²) in [4.78, 5) is 35.9. The Morgan fingerprint density at radius 2 is 1.59 bits per heavy atom. The highest BCUT2D eigenvalue weighted by Crippen LogP contribution is 2.16. The maximum absolute atomic E-state index is 12.1. The maximum atomic E-state index is 12.1. The van der Waals surface area contributed by atoms with Crippen LogP contribution < -0.4 is 15.5 Å². The Morgan fingerprint density at radius 3 is 2.28 bits per heavy atom. The largest absolute Gasteiger partial charge is 0.423 e. The normalized spacial score (nSPS) is 10.6. The van der Waals surface area contributed by atoms with E-state index in [1.807, 2.05) is 0 Å². The third-order valence-corrected chi connectivity index (χ3v) is 4.56. The van der Waals surface area contributed by atoms with Gasteiger partial charge in [0.2, 0.25) is 0 Å². The fourth-order valence-electron chi connectivity index (χ4n) is 2.49. The SMILES string of the molecule is O=C(CNC(=O)c1ccc(Cl)cc1)N/N=C\c1ccc(OC(=O)c2cccc(Cl)c2)cc1. The third-order valence-electron chi connectivity index (χ3n) is 4.07. The molecule has 0 fully saturated rings. The minimum Gasteiger partial charge on any atom is -0.423 e. The van der Waals surface area contributed by atoms with Gasteiger partial charge in [0.15, 0.2) is 0 Å². The lowest BCUT2D eigenvalue weighted by atomic mass is 10.2. The lowest BCUT2D eigenvalue weighted by Crippen LogP contribution is -2.34. The molecular weight excluding hydrogens is 453 g/mol. The number of amides is 2. The van der Waals surface area contributed by atoms with Crippen LogP contribution in [0.1, 0.15) is 26.3 Å². The number of hydrogen-bond acceptors (Lipinski definition) is 5. The molecule has 0 aliphatic rings. The molecule has 0 spiro atoms. The van der Waals surface area contributed by atoms with Gasteiger partial charge in [0.1, 0.15) is 5.75 Å². The number of hydrazone groups is 1. The lowest BCUT2D eigenvalue weighted by molar-refractivity contribution is -0.120. The summed E-state index contributed by atoms with van der Waals surface area (Å²) < 4.78 is 5.29. The molecule has 0 aliphatic heterocycles. The zero-order chi connectivity index (χ0) is 22.9. The van der Waals surface area contributed by atoms with Crippen LogP contribution in [-0.2, 0) is 4.79 Å². The van der Waals surface area contributed by atoms with E-state index in [0.717, 1.165) is 0 Å². The Hall–Kier alpha value is -3.68. The van der Waals surface area contributed by atoms with Gasteiger partial charge in [-0.15, -0.1) is 0 Å². The van der Waals surface area contributed by atoms with Crippen LogP contribution in [0.5, 0.6) is 5.75 Å². The Morgan fingerprint density at radius 1 is 0.875 bits per heavy atom. The molecule has 0 radical (unpaired) electrons. The molecule has 3 rings (SSSR count). The first-order chi connectivity index (χ1) is 15.4. The van der Waals surface area contributed by atoms with Gasteiger partial charge in [0.25, 0.3) is 11.8 Å². The average Bonchev–Trinajstić information content (AvgIpc) is 2.79. The number of carbonyl (C=O) groups excluding carboxylic acids is 3. The topological polar surface area (TPSA) is 96.9 Å². The maximum Gasteiger partial charge on any atom is 0.343 e. The molecule has 32 heavy (non-hydrogen) atoms. The van der Waals surface area contributed by atoms with Gasteiger partial charge in [0.05, 0.1) is 18.3 Å². The second-order valence-corrected chi connectivity index (χ2v) is 7.32. The second kappa shape index (κ2) is 11.1. The van der Waals surface area contributed by atoms with Crippen molar-refractivity contribution in [2.24, 2.45) is 5.10 Å². The highest BCUT2D eigenvalue weighted by molar-refractivity contribution is 6.31. The van der Waals surface area contributed by atoms with E-state index in [9.17, 15) is 14.4 Å². The number of esters is 1. The van der Waals surface area contributed by atoms with Crippen molar-refractivity contribution in [2.75, 3.05) is 6.54 Å². The minimum atomic E-state index is -0.526. The molecule has 162 valence electrons. The highest BCUT2D eigenvalue weighted by atomic mass is 35.5. The first kappa shape index (κ1) is 23.0. The molecule has 7 nitrogen and oxygen atoms in total. The van der Waals surface area contributed by atoms with Gasteiger partial charge in [-0.05, 0) is 72.3 Å². The Bertz CT molecular complexity index is 1150. The molecule has 2 N–H and O–H groups in total. The van der Waals surface area contributed by atoms with Crippen molar-refractivity contribution in [1.29, 1.82) is 0 Å². The summed E-state index contributed by atoms with van der Waals surface area (Å²) in [5.41, 5.74) is 3.71. The molecule has 3 aromatic rings. The summed E-state index contributed by atoms with van der Waals surface area (Å²) in [6.07, 6.45) is 1.42. The number of rotatable bonds is 7. The Kier molecular flexibility index (Phi) is 7.96. The summed E-state index contributed by atoms with van der Waals surface area (Å²) in [7, 11) is 0. The predicted molar refractivity (Wildman–Crippen MR) is 122 cm³/mol. The molecule has 0 aliphatic carbocycles. The van der Waals surface area contributed by atoms with Crippen LogP contribution >= 0.6 is 23.2 Å². The number of hydrogen-bond donors (Lipinski definition) is 2. The van der Waals surface area contributed by atoms with Crippen LogP contribution in [-0.4, -0.2) is 30.5 Å². The number of nitrogens with zero attached hydrogens (tertiary/aromatic N) is 1. The van der Waals surface area contributed by atoms with Gasteiger partial charge in [-0.2, -0.15) is 5.10 Å². The van der Waals surface area contributed by atoms with Crippen LogP contribution in [0.25, 0.3) is 0 Å². The van der Waals surface area contributed by atoms with Crippen molar-refractivity contribution in [1.82, 2.24) is 10.7 Å². The van der Waals surface area contributed by atoms with E-state index < -0.39 is 17.8 Å². The van der Waals surface area contributed by atoms with Crippen LogP contribution in [0.3, 0.4) is 0 Å². The van der Waals surface area contributed by atoms with Crippen LogP contribution in [0.4, 0.5) is 0 Å². The third kappa shape index (κ3) is 6.94. The summed E-state index contributed by atoms with van der Waals surface area (Å²) in [6.45, 7) is -0.239. The van der Waals surface area contributed by atoms with E-state index in [1.165, 1.54) is 12.3 Å². The Labute approximate surface area is 194 Å². The average molecular weight is 470 g/mol. The van der Waals surface area contributed by atoms with Crippen molar-refractivity contribution >= 4 is 47.2 Å². The van der Waals surface area contributed by atoms with E-state index in [1.54, 1.807) is 66.7 Å². The number of nitrogens with one attached hydrogen (secondary N) is 2. The van der Waals surface area contributed by atoms with E-state index in [2.05, 4.69) is 15.8 Å². The van der Waals surface area contributed by atoms with Gasteiger partial charge in [-0.1, -0.05) is 29.3 Å². The summed E-state index contributed by atoms with van der Waals surface area (Å²) in [6, 6.07) is 19.3. The lowest BCUT2D eigenvalue weighted by Gasteiger charge is -2.05. The highest BCUT2D eigenvalue weighted by Gasteiger charge is 2.09. The van der Waals surface area contributed by atoms with Gasteiger partial charge >= 0.3 is 5.97 Å². The molecule has 0 aromatic heterocycles. The quantitative estimate of drug-likeness (QED) is 0.235. The minimum absolute atomic E-state index is 0.239. The summed E-state index contributed by atoms with van der Waals surface area (Å²) in [5.74, 6) is -1.07. The van der Waals surface area contributed by atoms with Crippen molar-refractivity contribution < 1.29 is 19.1 Å². The summed E-state index contributed by atoms with van der Waals surface area (Å²) >= 11 is 11.6. The van der Waals surface area contributed by atoms with Gasteiger partial charge in [0, 0.05) is 15.6 Å². The van der Waals surface area contributed by atoms with Crippen molar-refractivity contribution in [3.63, 3.8) is 0 Å². The molecule has 9 heteroatoms.